The number of hydrogen-bond donors (Lipinski definition) is 2. The average molecular weight is 277 g/mol. The number of carbonyl (C=O) groups is 2. The summed E-state index contributed by atoms with van der Waals surface area (Å²) in [4.78, 5) is 29.2. The minimum atomic E-state index is -1.06. The molecule has 1 atom stereocenters. The number of aliphatic carboxylic acids is 1. The van der Waals surface area contributed by atoms with Gasteiger partial charge in [0.25, 0.3) is 0 Å². The summed E-state index contributed by atoms with van der Waals surface area (Å²) in [5.41, 5.74) is -0.170. The lowest BCUT2D eigenvalue weighted by Gasteiger charge is -2.33. The van der Waals surface area contributed by atoms with E-state index in [4.69, 9.17) is 0 Å². The van der Waals surface area contributed by atoms with E-state index in [-0.39, 0.29) is 6.03 Å². The number of pyridine rings is 1. The fraction of sp³-hybridized carbons (Fsp3) is 0.500. The Morgan fingerprint density at radius 3 is 2.95 bits per heavy atom. The van der Waals surface area contributed by atoms with Gasteiger partial charge in [-0.3, -0.25) is 4.98 Å². The van der Waals surface area contributed by atoms with Gasteiger partial charge in [-0.25, -0.2) is 9.59 Å². The zero-order valence-corrected chi connectivity index (χ0v) is 11.5. The zero-order chi connectivity index (χ0) is 14.6. The Labute approximate surface area is 117 Å². The summed E-state index contributed by atoms with van der Waals surface area (Å²) in [6, 6.07) is 3.34. The molecule has 6 heteroatoms. The van der Waals surface area contributed by atoms with E-state index in [1.54, 1.807) is 25.4 Å². The minimum absolute atomic E-state index is 0.324. The number of nitrogens with zero attached hydrogens (tertiary/aromatic N) is 2. The third-order valence-electron chi connectivity index (χ3n) is 3.88. The van der Waals surface area contributed by atoms with Crippen LogP contribution in [-0.2, 0) is 11.3 Å². The Bertz CT molecular complexity index is 492. The second kappa shape index (κ2) is 5.90. The van der Waals surface area contributed by atoms with Crippen LogP contribution < -0.4 is 5.32 Å². The van der Waals surface area contributed by atoms with Crippen molar-refractivity contribution < 1.29 is 14.7 Å². The molecule has 2 amide bonds. The summed E-state index contributed by atoms with van der Waals surface area (Å²) >= 11 is 0. The smallest absolute Gasteiger partial charge is 0.329 e. The highest BCUT2D eigenvalue weighted by Gasteiger charge is 2.48. The topological polar surface area (TPSA) is 82.5 Å². The molecular weight excluding hydrogens is 258 g/mol. The molecule has 108 valence electrons. The number of amides is 2. The summed E-state index contributed by atoms with van der Waals surface area (Å²) in [5, 5.41) is 12.2. The van der Waals surface area contributed by atoms with Crippen LogP contribution in [0.2, 0.25) is 0 Å². The largest absolute Gasteiger partial charge is 0.479 e. The maximum Gasteiger partial charge on any atom is 0.329 e. The van der Waals surface area contributed by atoms with Gasteiger partial charge in [0.1, 0.15) is 5.54 Å². The highest BCUT2D eigenvalue weighted by molar-refractivity contribution is 5.87. The number of urea groups is 1. The average Bonchev–Trinajstić information content (AvgIpc) is 2.91. The van der Waals surface area contributed by atoms with Gasteiger partial charge in [0.05, 0.1) is 0 Å². The van der Waals surface area contributed by atoms with Crippen LogP contribution in [0.3, 0.4) is 0 Å². The van der Waals surface area contributed by atoms with E-state index in [0.29, 0.717) is 25.9 Å². The number of likely N-dealkylation sites (tertiary alicyclic amines) is 1. The first-order valence-electron chi connectivity index (χ1n) is 6.78. The first-order valence-corrected chi connectivity index (χ1v) is 6.78. The predicted molar refractivity (Wildman–Crippen MR) is 73.1 cm³/mol. The molecule has 0 aliphatic carbocycles. The molecular formula is C14H19N3O3. The summed E-state index contributed by atoms with van der Waals surface area (Å²) in [7, 11) is 0. The van der Waals surface area contributed by atoms with Gasteiger partial charge >= 0.3 is 12.0 Å². The number of carboxylic acid groups (broad SMARTS) is 1. The second-order valence-electron chi connectivity index (χ2n) is 4.97. The van der Waals surface area contributed by atoms with Crippen LogP contribution >= 0.6 is 0 Å². The quantitative estimate of drug-likeness (QED) is 0.876. The monoisotopic (exact) mass is 277 g/mol. The van der Waals surface area contributed by atoms with Crippen molar-refractivity contribution in [2.45, 2.75) is 38.3 Å². The van der Waals surface area contributed by atoms with E-state index in [1.807, 2.05) is 6.07 Å². The normalized spacial score (nSPS) is 21.8. The fourth-order valence-corrected chi connectivity index (χ4v) is 2.69. The van der Waals surface area contributed by atoms with Crippen LogP contribution in [0.25, 0.3) is 0 Å². The Morgan fingerprint density at radius 2 is 2.35 bits per heavy atom. The molecule has 2 rings (SSSR count). The number of rotatable bonds is 4. The number of aromatic nitrogens is 1. The van der Waals surface area contributed by atoms with Crippen molar-refractivity contribution in [2.24, 2.45) is 0 Å². The molecule has 1 aliphatic rings. The lowest BCUT2D eigenvalue weighted by molar-refractivity contribution is -0.148. The van der Waals surface area contributed by atoms with Gasteiger partial charge in [0, 0.05) is 25.5 Å². The molecule has 1 aromatic heterocycles. The maximum absolute atomic E-state index is 12.2. The van der Waals surface area contributed by atoms with E-state index in [9.17, 15) is 14.7 Å². The SMILES string of the molecule is CCC1(C(=O)O)CCCN1C(=O)NCc1cccnc1. The number of carboxylic acids is 1. The van der Waals surface area contributed by atoms with Gasteiger partial charge < -0.3 is 15.3 Å². The third-order valence-corrected chi connectivity index (χ3v) is 3.88. The Hall–Kier alpha value is -2.11. The van der Waals surface area contributed by atoms with E-state index < -0.39 is 11.5 Å². The predicted octanol–water partition coefficient (Wildman–Crippen LogP) is 1.62. The molecule has 1 fully saturated rings. The molecule has 1 aliphatic heterocycles. The molecule has 2 N–H and O–H groups in total. The summed E-state index contributed by atoms with van der Waals surface area (Å²) < 4.78 is 0. The van der Waals surface area contributed by atoms with Crippen molar-refractivity contribution in [2.75, 3.05) is 6.54 Å². The van der Waals surface area contributed by atoms with Gasteiger partial charge in [-0.2, -0.15) is 0 Å². The molecule has 1 aromatic rings. The summed E-state index contributed by atoms with van der Waals surface area (Å²) in [5.74, 6) is -0.922. The van der Waals surface area contributed by atoms with E-state index in [1.165, 1.54) is 4.90 Å². The molecule has 0 saturated carbocycles. The Balaban J connectivity index is 2.03. The maximum atomic E-state index is 12.2. The van der Waals surface area contributed by atoms with E-state index in [0.717, 1.165) is 12.0 Å². The van der Waals surface area contributed by atoms with E-state index in [2.05, 4.69) is 10.3 Å². The molecule has 20 heavy (non-hydrogen) atoms. The van der Waals surface area contributed by atoms with Gasteiger partial charge in [-0.1, -0.05) is 13.0 Å². The fourth-order valence-electron chi connectivity index (χ4n) is 2.69. The molecule has 1 unspecified atom stereocenters. The van der Waals surface area contributed by atoms with Crippen LogP contribution in [0.5, 0.6) is 0 Å². The summed E-state index contributed by atoms with van der Waals surface area (Å²) in [6.07, 6.45) is 5.00. The highest BCUT2D eigenvalue weighted by Crippen LogP contribution is 2.32. The highest BCUT2D eigenvalue weighted by atomic mass is 16.4. The van der Waals surface area contributed by atoms with Gasteiger partial charge in [-0.15, -0.1) is 0 Å². The van der Waals surface area contributed by atoms with Crippen LogP contribution in [0, 0.1) is 0 Å². The van der Waals surface area contributed by atoms with Gasteiger partial charge in [-0.05, 0) is 30.9 Å². The molecule has 0 bridgehead atoms. The van der Waals surface area contributed by atoms with Crippen molar-refractivity contribution in [3.05, 3.63) is 30.1 Å². The zero-order valence-electron chi connectivity index (χ0n) is 11.5. The standard InChI is InChI=1S/C14H19N3O3/c1-2-14(12(18)19)6-4-8-17(14)13(20)16-10-11-5-3-7-15-9-11/h3,5,7,9H,2,4,6,8,10H2,1H3,(H,16,20)(H,18,19). The Morgan fingerprint density at radius 1 is 1.55 bits per heavy atom. The molecule has 6 nitrogen and oxygen atoms in total. The van der Waals surface area contributed by atoms with Gasteiger partial charge in [0.15, 0.2) is 0 Å². The van der Waals surface area contributed by atoms with E-state index >= 15 is 0 Å². The van der Waals surface area contributed by atoms with Crippen molar-refractivity contribution in [1.29, 1.82) is 0 Å². The van der Waals surface area contributed by atoms with Crippen LogP contribution in [0.15, 0.2) is 24.5 Å². The number of nitrogens with one attached hydrogen (secondary N) is 1. The minimum Gasteiger partial charge on any atom is -0.479 e. The van der Waals surface area contributed by atoms with Crippen molar-refractivity contribution in [3.8, 4) is 0 Å². The van der Waals surface area contributed by atoms with Crippen LogP contribution in [-0.4, -0.2) is 39.1 Å². The lowest BCUT2D eigenvalue weighted by Crippen LogP contribution is -2.55. The molecule has 2 heterocycles. The third kappa shape index (κ3) is 2.59. The summed E-state index contributed by atoms with van der Waals surface area (Å²) in [6.45, 7) is 2.64. The molecule has 0 spiro atoms. The first kappa shape index (κ1) is 14.3. The second-order valence-corrected chi connectivity index (χ2v) is 4.97. The molecule has 0 radical (unpaired) electrons. The molecule has 0 aromatic carbocycles. The van der Waals surface area contributed by atoms with Gasteiger partial charge in [0.2, 0.25) is 0 Å². The first-order chi connectivity index (χ1) is 9.60. The number of hydrogen-bond acceptors (Lipinski definition) is 3. The van der Waals surface area contributed by atoms with Crippen molar-refractivity contribution in [1.82, 2.24) is 15.2 Å². The van der Waals surface area contributed by atoms with Crippen LogP contribution in [0.4, 0.5) is 4.79 Å². The Kier molecular flexibility index (Phi) is 4.22. The number of carbonyl (C=O) groups excluding carboxylic acids is 1. The lowest BCUT2D eigenvalue weighted by atomic mass is 9.93. The van der Waals surface area contributed by atoms with Crippen LogP contribution in [0.1, 0.15) is 31.7 Å². The molecule has 1 saturated heterocycles. The van der Waals surface area contributed by atoms with Crippen molar-refractivity contribution >= 4 is 12.0 Å². The van der Waals surface area contributed by atoms with Crippen molar-refractivity contribution in [3.63, 3.8) is 0 Å².